The molecule has 198 valence electrons. The van der Waals surface area contributed by atoms with E-state index in [9.17, 15) is 9.59 Å². The van der Waals surface area contributed by atoms with Crippen molar-refractivity contribution in [1.29, 1.82) is 0 Å². The van der Waals surface area contributed by atoms with Crippen LogP contribution in [-0.2, 0) is 0 Å². The Kier molecular flexibility index (Phi) is 5.98. The highest BCUT2D eigenvalue weighted by atomic mass is 32.1. The van der Waals surface area contributed by atoms with Crippen LogP contribution < -0.4 is 5.32 Å². The van der Waals surface area contributed by atoms with Crippen LogP contribution in [-0.4, -0.2) is 36.8 Å². The monoisotopic (exact) mass is 554 g/mol. The fraction of sp³-hybridized carbons (Fsp3) is 0.0312. The number of hydrogen-bond donors (Lipinski definition) is 3. The highest BCUT2D eigenvalue weighted by Gasteiger charge is 2.17. The third-order valence-electron chi connectivity index (χ3n) is 6.87. The zero-order chi connectivity index (χ0) is 27.9. The largest absolute Gasteiger partial charge is 0.353 e. The van der Waals surface area contributed by atoms with Gasteiger partial charge >= 0.3 is 0 Å². The summed E-state index contributed by atoms with van der Waals surface area (Å²) in [6, 6.07) is 26.8. The molecule has 0 aliphatic carbocycles. The molecule has 7 aromatic rings. The lowest BCUT2D eigenvalue weighted by atomic mass is 10.1. The van der Waals surface area contributed by atoms with Crippen molar-refractivity contribution in [3.63, 3.8) is 0 Å². The molecule has 0 saturated carbocycles. The van der Waals surface area contributed by atoms with Gasteiger partial charge in [0.1, 0.15) is 11.2 Å². The van der Waals surface area contributed by atoms with Gasteiger partial charge in [-0.05, 0) is 61.5 Å². The maximum absolute atomic E-state index is 12.6. The third kappa shape index (κ3) is 4.58. The fourth-order valence-electron chi connectivity index (χ4n) is 4.86. The Hall–Kier alpha value is -5.41. The van der Waals surface area contributed by atoms with Gasteiger partial charge < -0.3 is 10.3 Å². The molecule has 5 aromatic heterocycles. The van der Waals surface area contributed by atoms with Gasteiger partial charge in [0.2, 0.25) is 0 Å². The van der Waals surface area contributed by atoms with Crippen molar-refractivity contribution in [2.24, 2.45) is 0 Å². The second kappa shape index (κ2) is 9.96. The Morgan fingerprint density at radius 3 is 2.59 bits per heavy atom. The Labute approximate surface area is 238 Å². The van der Waals surface area contributed by atoms with E-state index in [0.29, 0.717) is 28.2 Å². The van der Waals surface area contributed by atoms with Crippen LogP contribution in [0.2, 0.25) is 0 Å². The molecule has 7 rings (SSSR count). The molecule has 0 spiro atoms. The summed E-state index contributed by atoms with van der Waals surface area (Å²) in [7, 11) is 0. The highest BCUT2D eigenvalue weighted by Crippen LogP contribution is 2.37. The number of aromatic amines is 2. The van der Waals surface area contributed by atoms with E-state index in [-0.39, 0.29) is 11.7 Å². The summed E-state index contributed by atoms with van der Waals surface area (Å²) in [5.41, 5.74) is 7.67. The van der Waals surface area contributed by atoms with Crippen molar-refractivity contribution in [3.8, 4) is 33.1 Å². The van der Waals surface area contributed by atoms with Crippen molar-refractivity contribution < 1.29 is 9.59 Å². The zero-order valence-electron chi connectivity index (χ0n) is 21.8. The number of Topliss-reactive ketones (excluding diaryl/α,β-unsaturated/α-hetero) is 1. The number of carbonyl (C=O) groups excluding carboxylic acids is 2. The summed E-state index contributed by atoms with van der Waals surface area (Å²) in [6.45, 7) is 1.58. The summed E-state index contributed by atoms with van der Waals surface area (Å²) in [4.78, 5) is 39.0. The molecule has 0 bridgehead atoms. The molecular formula is C32H22N6O2S. The van der Waals surface area contributed by atoms with Crippen LogP contribution in [0.1, 0.15) is 27.0 Å². The van der Waals surface area contributed by atoms with Gasteiger partial charge in [-0.25, -0.2) is 4.98 Å². The molecule has 0 aliphatic heterocycles. The molecule has 41 heavy (non-hydrogen) atoms. The van der Waals surface area contributed by atoms with Crippen LogP contribution in [0.15, 0.2) is 97.3 Å². The van der Waals surface area contributed by atoms with Gasteiger partial charge in [-0.2, -0.15) is 5.10 Å². The molecule has 9 heteroatoms. The summed E-state index contributed by atoms with van der Waals surface area (Å²) >= 11 is 1.49. The van der Waals surface area contributed by atoms with Gasteiger partial charge in [0.15, 0.2) is 5.78 Å². The number of anilines is 1. The van der Waals surface area contributed by atoms with Crippen molar-refractivity contribution in [3.05, 3.63) is 108 Å². The van der Waals surface area contributed by atoms with Crippen molar-refractivity contribution in [2.75, 3.05) is 5.32 Å². The highest BCUT2D eigenvalue weighted by molar-refractivity contribution is 7.17. The predicted molar refractivity (Wildman–Crippen MR) is 162 cm³/mol. The number of hydrogen-bond acceptors (Lipinski definition) is 6. The topological polar surface area (TPSA) is 116 Å². The van der Waals surface area contributed by atoms with Gasteiger partial charge in [-0.1, -0.05) is 30.3 Å². The van der Waals surface area contributed by atoms with E-state index in [1.165, 1.54) is 11.3 Å². The van der Waals surface area contributed by atoms with Crippen molar-refractivity contribution >= 4 is 50.7 Å². The first-order valence-electron chi connectivity index (χ1n) is 12.9. The van der Waals surface area contributed by atoms with Crippen molar-refractivity contribution in [1.82, 2.24) is 25.1 Å². The van der Waals surface area contributed by atoms with Crippen molar-refractivity contribution in [2.45, 2.75) is 6.92 Å². The minimum Gasteiger partial charge on any atom is -0.353 e. The summed E-state index contributed by atoms with van der Waals surface area (Å²) in [5, 5.41) is 11.6. The Morgan fingerprint density at radius 1 is 0.878 bits per heavy atom. The van der Waals surface area contributed by atoms with Gasteiger partial charge in [-0.15, -0.1) is 11.3 Å². The number of pyridine rings is 2. The van der Waals surface area contributed by atoms with E-state index in [2.05, 4.69) is 37.6 Å². The number of fused-ring (bicyclic) bond motifs is 2. The number of ketones is 1. The Bertz CT molecular complexity index is 2090. The second-order valence-electron chi connectivity index (χ2n) is 9.62. The molecule has 0 saturated heterocycles. The van der Waals surface area contributed by atoms with Crippen LogP contribution in [0, 0.1) is 0 Å². The molecule has 0 fully saturated rings. The molecule has 8 nitrogen and oxygen atoms in total. The van der Waals surface area contributed by atoms with E-state index >= 15 is 0 Å². The van der Waals surface area contributed by atoms with Crippen LogP contribution >= 0.6 is 11.3 Å². The van der Waals surface area contributed by atoms with E-state index in [1.54, 1.807) is 31.5 Å². The zero-order valence-corrected chi connectivity index (χ0v) is 22.6. The first-order chi connectivity index (χ1) is 20.0. The number of H-pyrrole nitrogens is 2. The van der Waals surface area contributed by atoms with Crippen LogP contribution in [0.5, 0.6) is 0 Å². The number of nitrogens with zero attached hydrogens (tertiary/aromatic N) is 3. The van der Waals surface area contributed by atoms with E-state index < -0.39 is 0 Å². The predicted octanol–water partition coefficient (Wildman–Crippen LogP) is 7.35. The Balaban J connectivity index is 1.24. The van der Waals surface area contributed by atoms with Crippen LogP contribution in [0.25, 0.3) is 55.0 Å². The van der Waals surface area contributed by atoms with Gasteiger partial charge in [0.05, 0.1) is 33.7 Å². The minimum atomic E-state index is -0.205. The smallest absolute Gasteiger partial charge is 0.255 e. The lowest BCUT2D eigenvalue weighted by Gasteiger charge is -2.07. The summed E-state index contributed by atoms with van der Waals surface area (Å²) in [5.74, 6) is -0.143. The number of amides is 1. The molecule has 5 heterocycles. The number of benzene rings is 2. The van der Waals surface area contributed by atoms with E-state index in [1.807, 2.05) is 60.7 Å². The number of nitrogens with one attached hydrogen (secondary N) is 3. The number of thiophene rings is 1. The molecule has 0 atom stereocenters. The molecule has 0 radical (unpaired) electrons. The average Bonchev–Trinajstić information content (AvgIpc) is 3.75. The van der Waals surface area contributed by atoms with Gasteiger partial charge in [0.25, 0.3) is 5.91 Å². The SMILES string of the molecule is CC(=O)c1ccc(-c2cccc3[nH]c(-c4n[nH]c5ccc(-c6cncc(NC(=O)c7ccccc7)c6)nc45)cc23)s1. The van der Waals surface area contributed by atoms with E-state index in [4.69, 9.17) is 4.98 Å². The number of rotatable bonds is 6. The molecule has 1 amide bonds. The first kappa shape index (κ1) is 24.6. The van der Waals surface area contributed by atoms with E-state index in [0.717, 1.165) is 43.0 Å². The molecule has 0 aliphatic rings. The van der Waals surface area contributed by atoms with Crippen LogP contribution in [0.4, 0.5) is 5.69 Å². The third-order valence-corrected chi connectivity index (χ3v) is 8.09. The molecule has 3 N–H and O–H groups in total. The standard InChI is InChI=1S/C32H22N6O2S/c1-18(39)28-12-13-29(41-28)22-8-5-9-25-23(22)15-27(35-25)31-30-26(37-38-31)11-10-24(36-30)20-14-21(17-33-16-20)34-32(40)19-6-3-2-4-7-19/h2-17,35H,1H3,(H,34,40)(H,37,38). The lowest BCUT2D eigenvalue weighted by molar-refractivity contribution is 0.101. The van der Waals surface area contributed by atoms with Crippen LogP contribution in [0.3, 0.4) is 0 Å². The maximum atomic E-state index is 12.6. The molecular weight excluding hydrogens is 532 g/mol. The maximum Gasteiger partial charge on any atom is 0.255 e. The van der Waals surface area contributed by atoms with Gasteiger partial charge in [0, 0.05) is 38.7 Å². The average molecular weight is 555 g/mol. The minimum absolute atomic E-state index is 0.0624. The molecule has 2 aromatic carbocycles. The molecule has 0 unspecified atom stereocenters. The Morgan fingerprint density at radius 2 is 1.76 bits per heavy atom. The lowest BCUT2D eigenvalue weighted by Crippen LogP contribution is -2.11. The second-order valence-corrected chi connectivity index (χ2v) is 10.7. The first-order valence-corrected chi connectivity index (χ1v) is 13.8. The fourth-order valence-corrected chi connectivity index (χ4v) is 5.80. The summed E-state index contributed by atoms with van der Waals surface area (Å²) in [6.07, 6.45) is 3.33. The summed E-state index contributed by atoms with van der Waals surface area (Å²) < 4.78 is 0. The quantitative estimate of drug-likeness (QED) is 0.186. The normalized spacial score (nSPS) is 11.2. The number of aromatic nitrogens is 5. The van der Waals surface area contributed by atoms with Gasteiger partial charge in [-0.3, -0.25) is 19.7 Å². The number of carbonyl (C=O) groups is 2.